The van der Waals surface area contributed by atoms with Crippen LogP contribution < -0.4 is 10.1 Å². The number of carbonyl (C=O) groups is 1. The molecule has 1 amide bonds. The molecule has 4 rings (SSSR count). The summed E-state index contributed by atoms with van der Waals surface area (Å²) in [5, 5.41) is 9.29. The number of amides is 1. The van der Waals surface area contributed by atoms with Crippen molar-refractivity contribution in [3.63, 3.8) is 0 Å². The lowest BCUT2D eigenvalue weighted by molar-refractivity contribution is -0.153. The first-order chi connectivity index (χ1) is 14.9. The summed E-state index contributed by atoms with van der Waals surface area (Å²) in [6.45, 7) is -0.894. The van der Waals surface area contributed by atoms with Gasteiger partial charge >= 0.3 is 6.18 Å². The summed E-state index contributed by atoms with van der Waals surface area (Å²) in [5.74, 6) is -0.189. The Hall–Kier alpha value is -3.81. The van der Waals surface area contributed by atoms with Crippen molar-refractivity contribution in [2.75, 3.05) is 11.9 Å². The molecule has 0 aliphatic carbocycles. The van der Waals surface area contributed by atoms with E-state index >= 15 is 0 Å². The average molecular weight is 425 g/mol. The predicted molar refractivity (Wildman–Crippen MR) is 111 cm³/mol. The van der Waals surface area contributed by atoms with Crippen LogP contribution in [0, 0.1) is 0 Å². The summed E-state index contributed by atoms with van der Waals surface area (Å²) >= 11 is 0. The van der Waals surface area contributed by atoms with Gasteiger partial charge in [-0.15, -0.1) is 0 Å². The second kappa shape index (κ2) is 8.51. The van der Waals surface area contributed by atoms with Gasteiger partial charge in [0.2, 0.25) is 0 Å². The fourth-order valence-corrected chi connectivity index (χ4v) is 3.20. The van der Waals surface area contributed by atoms with E-state index in [0.29, 0.717) is 12.4 Å². The maximum absolute atomic E-state index is 12.5. The number of aromatic nitrogens is 2. The summed E-state index contributed by atoms with van der Waals surface area (Å²) in [5.41, 5.74) is 1.26. The van der Waals surface area contributed by atoms with Crippen molar-refractivity contribution in [2.45, 2.75) is 12.7 Å². The van der Waals surface area contributed by atoms with Crippen molar-refractivity contribution in [2.24, 2.45) is 0 Å². The van der Waals surface area contributed by atoms with E-state index in [0.717, 1.165) is 16.3 Å². The van der Waals surface area contributed by atoms with E-state index in [-0.39, 0.29) is 11.3 Å². The zero-order valence-electron chi connectivity index (χ0n) is 16.3. The Bertz CT molecular complexity index is 1210. The van der Waals surface area contributed by atoms with E-state index in [9.17, 15) is 18.0 Å². The summed E-state index contributed by atoms with van der Waals surface area (Å²) < 4.78 is 43.4. The number of hydrogen-bond acceptors (Lipinski definition) is 3. The van der Waals surface area contributed by atoms with Gasteiger partial charge in [0.05, 0.1) is 6.54 Å². The molecule has 0 fully saturated rings. The molecule has 0 atom stereocenters. The van der Waals surface area contributed by atoms with E-state index < -0.39 is 18.7 Å². The van der Waals surface area contributed by atoms with Gasteiger partial charge in [-0.1, -0.05) is 48.5 Å². The molecule has 0 radical (unpaired) electrons. The van der Waals surface area contributed by atoms with Gasteiger partial charge in [-0.25, -0.2) is 0 Å². The lowest BCUT2D eigenvalue weighted by Gasteiger charge is -2.10. The number of fused-ring (bicyclic) bond motifs is 1. The average Bonchev–Trinajstić information content (AvgIpc) is 3.19. The van der Waals surface area contributed by atoms with Crippen LogP contribution in [0.1, 0.15) is 15.9 Å². The van der Waals surface area contributed by atoms with Gasteiger partial charge in [-0.2, -0.15) is 18.3 Å². The molecule has 1 heterocycles. The SMILES string of the molecule is O=C(Nc1ccn(Cc2cccc3ccccc23)n1)c1cccc(OCC(F)(F)F)c1. The quantitative estimate of drug-likeness (QED) is 0.457. The molecule has 8 heteroatoms. The highest BCUT2D eigenvalue weighted by Crippen LogP contribution is 2.21. The number of rotatable bonds is 6. The van der Waals surface area contributed by atoms with Gasteiger partial charge in [0, 0.05) is 17.8 Å². The number of benzene rings is 3. The van der Waals surface area contributed by atoms with E-state index in [1.807, 2.05) is 42.5 Å². The fourth-order valence-electron chi connectivity index (χ4n) is 3.20. The molecule has 3 aromatic carbocycles. The number of alkyl halides is 3. The Labute approximate surface area is 176 Å². The van der Waals surface area contributed by atoms with Crippen molar-refractivity contribution in [1.82, 2.24) is 9.78 Å². The van der Waals surface area contributed by atoms with Crippen molar-refractivity contribution in [1.29, 1.82) is 0 Å². The van der Waals surface area contributed by atoms with E-state index in [4.69, 9.17) is 4.74 Å². The maximum atomic E-state index is 12.5. The number of halogens is 3. The highest BCUT2D eigenvalue weighted by Gasteiger charge is 2.28. The number of nitrogens with one attached hydrogen (secondary N) is 1. The van der Waals surface area contributed by atoms with Crippen LogP contribution >= 0.6 is 0 Å². The van der Waals surface area contributed by atoms with Crippen molar-refractivity contribution in [3.05, 3.63) is 90.1 Å². The standard InChI is InChI=1S/C23H18F3N3O2/c24-23(25,26)15-31-19-9-4-7-17(13-19)22(30)27-21-11-12-29(28-21)14-18-8-3-6-16-5-1-2-10-20(16)18/h1-13H,14-15H2,(H,27,28,30). The van der Waals surface area contributed by atoms with E-state index in [1.165, 1.54) is 24.3 Å². The number of hydrogen-bond donors (Lipinski definition) is 1. The third-order valence-electron chi connectivity index (χ3n) is 4.59. The van der Waals surface area contributed by atoms with Crippen LogP contribution in [0.5, 0.6) is 5.75 Å². The van der Waals surface area contributed by atoms with E-state index in [2.05, 4.69) is 10.4 Å². The lowest BCUT2D eigenvalue weighted by Crippen LogP contribution is -2.19. The molecule has 1 N–H and O–H groups in total. The molecule has 0 spiro atoms. The molecular formula is C23H18F3N3O2. The Kier molecular flexibility index (Phi) is 5.62. The third kappa shape index (κ3) is 5.22. The second-order valence-electron chi connectivity index (χ2n) is 6.92. The molecular weight excluding hydrogens is 407 g/mol. The number of nitrogens with zero attached hydrogens (tertiary/aromatic N) is 2. The largest absolute Gasteiger partial charge is 0.484 e. The molecule has 4 aromatic rings. The molecule has 0 aliphatic heterocycles. The zero-order valence-corrected chi connectivity index (χ0v) is 16.3. The van der Waals surface area contributed by atoms with Crippen LogP contribution in [-0.2, 0) is 6.54 Å². The maximum Gasteiger partial charge on any atom is 0.422 e. The van der Waals surface area contributed by atoms with Crippen molar-refractivity contribution in [3.8, 4) is 5.75 Å². The van der Waals surface area contributed by atoms with Gasteiger partial charge in [-0.3, -0.25) is 9.48 Å². The van der Waals surface area contributed by atoms with Crippen LogP contribution in [0.25, 0.3) is 10.8 Å². The molecule has 0 bridgehead atoms. The zero-order chi connectivity index (χ0) is 21.8. The summed E-state index contributed by atoms with van der Waals surface area (Å²) in [6.07, 6.45) is -2.70. The molecule has 1 aromatic heterocycles. The van der Waals surface area contributed by atoms with Crippen molar-refractivity contribution < 1.29 is 22.7 Å². The minimum Gasteiger partial charge on any atom is -0.484 e. The Morgan fingerprint density at radius 3 is 2.61 bits per heavy atom. The first kappa shape index (κ1) is 20.5. The number of carbonyl (C=O) groups excluding carboxylic acids is 1. The normalized spacial score (nSPS) is 11.5. The monoisotopic (exact) mass is 425 g/mol. The highest BCUT2D eigenvalue weighted by atomic mass is 19.4. The van der Waals surface area contributed by atoms with Crippen LogP contribution in [0.3, 0.4) is 0 Å². The molecule has 0 unspecified atom stereocenters. The molecule has 31 heavy (non-hydrogen) atoms. The first-order valence-corrected chi connectivity index (χ1v) is 9.48. The predicted octanol–water partition coefficient (Wildman–Crippen LogP) is 5.28. The molecule has 5 nitrogen and oxygen atoms in total. The minimum atomic E-state index is -4.45. The Balaban J connectivity index is 1.43. The minimum absolute atomic E-state index is 0.0357. The lowest BCUT2D eigenvalue weighted by atomic mass is 10.0. The summed E-state index contributed by atoms with van der Waals surface area (Å²) in [6, 6.07) is 21.3. The van der Waals surface area contributed by atoms with E-state index in [1.54, 1.807) is 16.9 Å². The third-order valence-corrected chi connectivity index (χ3v) is 4.59. The first-order valence-electron chi connectivity index (χ1n) is 9.48. The van der Waals surface area contributed by atoms with Gasteiger partial charge in [0.1, 0.15) is 5.75 Å². The number of anilines is 1. The topological polar surface area (TPSA) is 56.2 Å². The van der Waals surface area contributed by atoms with Gasteiger partial charge in [0.25, 0.3) is 5.91 Å². The van der Waals surface area contributed by atoms with Gasteiger partial charge in [-0.05, 0) is 34.5 Å². The number of ether oxygens (including phenoxy) is 1. The summed E-state index contributed by atoms with van der Waals surface area (Å²) in [7, 11) is 0. The van der Waals surface area contributed by atoms with Crippen LogP contribution in [0.2, 0.25) is 0 Å². The second-order valence-corrected chi connectivity index (χ2v) is 6.92. The summed E-state index contributed by atoms with van der Waals surface area (Å²) in [4.78, 5) is 12.5. The molecule has 0 saturated heterocycles. The molecule has 0 saturated carbocycles. The molecule has 0 aliphatic rings. The van der Waals surface area contributed by atoms with Gasteiger partial charge < -0.3 is 10.1 Å². The Morgan fingerprint density at radius 2 is 1.77 bits per heavy atom. The Morgan fingerprint density at radius 1 is 1.00 bits per heavy atom. The van der Waals surface area contributed by atoms with Crippen LogP contribution in [0.4, 0.5) is 19.0 Å². The smallest absolute Gasteiger partial charge is 0.422 e. The van der Waals surface area contributed by atoms with Crippen LogP contribution in [-0.4, -0.2) is 28.5 Å². The highest BCUT2D eigenvalue weighted by molar-refractivity contribution is 6.04. The fraction of sp³-hybridized carbons (Fsp3) is 0.130. The van der Waals surface area contributed by atoms with Crippen LogP contribution in [0.15, 0.2) is 79.0 Å². The van der Waals surface area contributed by atoms with Crippen molar-refractivity contribution >= 4 is 22.5 Å². The van der Waals surface area contributed by atoms with Gasteiger partial charge in [0.15, 0.2) is 12.4 Å². The molecule has 158 valence electrons.